The van der Waals surface area contributed by atoms with Crippen molar-refractivity contribution in [3.05, 3.63) is 29.8 Å². The van der Waals surface area contributed by atoms with Crippen LogP contribution in [0.1, 0.15) is 18.4 Å². The lowest BCUT2D eigenvalue weighted by atomic mass is 10.2. The second kappa shape index (κ2) is 7.66. The van der Waals surface area contributed by atoms with E-state index < -0.39 is 10.0 Å². The first-order valence-corrected chi connectivity index (χ1v) is 7.49. The number of sulfonamides is 1. The van der Waals surface area contributed by atoms with Crippen molar-refractivity contribution in [2.24, 2.45) is 0 Å². The quantitative estimate of drug-likeness (QED) is 0.819. The van der Waals surface area contributed by atoms with Gasteiger partial charge in [0, 0.05) is 32.0 Å². The lowest BCUT2D eigenvalue weighted by Crippen LogP contribution is -2.27. The van der Waals surface area contributed by atoms with Gasteiger partial charge in [0.05, 0.1) is 17.6 Å². The van der Waals surface area contributed by atoms with Crippen molar-refractivity contribution < 1.29 is 13.5 Å². The molecule has 5 nitrogen and oxygen atoms in total. The van der Waals surface area contributed by atoms with E-state index in [1.54, 1.807) is 12.1 Å². The molecule has 1 aromatic carbocycles. The van der Waals surface area contributed by atoms with Crippen molar-refractivity contribution in [2.45, 2.75) is 17.7 Å². The van der Waals surface area contributed by atoms with Gasteiger partial charge in [0.2, 0.25) is 10.0 Å². The number of aliphatic hydroxyl groups excluding tert-OH is 1. The maximum Gasteiger partial charge on any atom is 0.242 e. The number of rotatable bonds is 5. The predicted octanol–water partition coefficient (Wildman–Crippen LogP) is 0.955. The van der Waals surface area contributed by atoms with Crippen LogP contribution in [0.25, 0.3) is 0 Å². The summed E-state index contributed by atoms with van der Waals surface area (Å²) in [6.45, 7) is 0.167. The Morgan fingerprint density at radius 2 is 1.90 bits per heavy atom. The Kier molecular flexibility index (Phi) is 6.20. The molecule has 106 valence electrons. The number of nitrogens with zero attached hydrogens (tertiary/aromatic N) is 2. The highest BCUT2D eigenvalue weighted by Gasteiger charge is 2.19. The van der Waals surface area contributed by atoms with Crippen LogP contribution >= 0.6 is 0 Å². The Morgan fingerprint density at radius 1 is 1.25 bits per heavy atom. The first-order valence-electron chi connectivity index (χ1n) is 6.05. The van der Waals surface area contributed by atoms with E-state index in [9.17, 15) is 8.42 Å². The molecule has 0 atom stereocenters. The molecule has 0 bridgehead atoms. The third kappa shape index (κ3) is 4.36. The van der Waals surface area contributed by atoms with Crippen molar-refractivity contribution in [1.82, 2.24) is 4.31 Å². The molecule has 0 radical (unpaired) electrons. The Labute approximate surface area is 119 Å². The van der Waals surface area contributed by atoms with E-state index in [1.807, 2.05) is 6.07 Å². The molecule has 20 heavy (non-hydrogen) atoms. The molecule has 0 unspecified atom stereocenters. The fourth-order valence-corrected chi connectivity index (χ4v) is 2.61. The van der Waals surface area contributed by atoms with E-state index >= 15 is 0 Å². The molecule has 1 rings (SSSR count). The van der Waals surface area contributed by atoms with Crippen LogP contribution in [0.4, 0.5) is 0 Å². The highest BCUT2D eigenvalue weighted by molar-refractivity contribution is 7.89. The molecule has 0 fully saturated rings. The molecule has 0 aromatic heterocycles. The van der Waals surface area contributed by atoms with E-state index in [2.05, 4.69) is 11.8 Å². The molecule has 0 aliphatic heterocycles. The molecule has 0 saturated carbocycles. The summed E-state index contributed by atoms with van der Waals surface area (Å²) in [7, 11) is -2.11. The van der Waals surface area contributed by atoms with Crippen molar-refractivity contribution in [1.29, 1.82) is 5.26 Å². The molecule has 1 aromatic rings. The summed E-state index contributed by atoms with van der Waals surface area (Å²) in [6, 6.07) is 8.13. The van der Waals surface area contributed by atoms with Crippen LogP contribution in [0, 0.1) is 23.2 Å². The summed E-state index contributed by atoms with van der Waals surface area (Å²) in [6.07, 6.45) is 0.539. The molecular weight excluding hydrogens is 276 g/mol. The van der Waals surface area contributed by atoms with Gasteiger partial charge < -0.3 is 5.11 Å². The van der Waals surface area contributed by atoms with E-state index in [1.165, 1.54) is 19.2 Å². The summed E-state index contributed by atoms with van der Waals surface area (Å²) in [5, 5.41) is 17.1. The average Bonchev–Trinajstić information content (AvgIpc) is 2.45. The number of nitriles is 1. The van der Waals surface area contributed by atoms with Crippen LogP contribution in [-0.4, -0.2) is 38.0 Å². The van der Waals surface area contributed by atoms with Gasteiger partial charge in [-0.3, -0.25) is 0 Å². The van der Waals surface area contributed by atoms with Gasteiger partial charge >= 0.3 is 0 Å². The van der Waals surface area contributed by atoms with Crippen molar-refractivity contribution in [2.75, 3.05) is 20.2 Å². The van der Waals surface area contributed by atoms with Crippen molar-refractivity contribution >= 4 is 10.0 Å². The number of benzene rings is 1. The molecule has 0 amide bonds. The first kappa shape index (κ1) is 16.2. The molecule has 0 aliphatic rings. The highest BCUT2D eigenvalue weighted by Crippen LogP contribution is 2.15. The highest BCUT2D eigenvalue weighted by atomic mass is 32.2. The predicted molar refractivity (Wildman–Crippen MR) is 75.1 cm³/mol. The molecule has 0 heterocycles. The Balaban J connectivity index is 2.88. The lowest BCUT2D eigenvalue weighted by Gasteiger charge is -2.15. The topological polar surface area (TPSA) is 81.4 Å². The molecular formula is C14H16N2O3S. The Bertz CT molecular complexity index is 634. The Hall–Kier alpha value is -1.86. The summed E-state index contributed by atoms with van der Waals surface area (Å²) in [5.41, 5.74) is 0.692. The van der Waals surface area contributed by atoms with Crippen molar-refractivity contribution in [3.8, 4) is 17.9 Å². The van der Waals surface area contributed by atoms with E-state index in [0.717, 1.165) is 4.31 Å². The first-order chi connectivity index (χ1) is 9.52. The maximum absolute atomic E-state index is 12.2. The van der Waals surface area contributed by atoms with E-state index in [0.29, 0.717) is 12.0 Å². The zero-order valence-corrected chi connectivity index (χ0v) is 12.0. The van der Waals surface area contributed by atoms with Crippen LogP contribution in [0.15, 0.2) is 29.2 Å². The molecule has 1 N–H and O–H groups in total. The van der Waals surface area contributed by atoms with Gasteiger partial charge in [0.1, 0.15) is 0 Å². The van der Waals surface area contributed by atoms with Crippen LogP contribution < -0.4 is 0 Å². The van der Waals surface area contributed by atoms with E-state index in [4.69, 9.17) is 10.4 Å². The van der Waals surface area contributed by atoms with Crippen molar-refractivity contribution in [3.63, 3.8) is 0 Å². The van der Waals surface area contributed by atoms with Gasteiger partial charge in [0.25, 0.3) is 0 Å². The minimum absolute atomic E-state index is 0.00313. The largest absolute Gasteiger partial charge is 0.395 e. The minimum Gasteiger partial charge on any atom is -0.395 e. The standard InChI is InChI=1S/C14H16N2O3S/c1-16(11-4-10-15)20(18,19)14-8-6-13(7-9-14)5-2-3-12-17/h6-9,17H,3-4,11-12H2,1H3. The normalized spacial score (nSPS) is 10.7. The van der Waals surface area contributed by atoms with E-state index in [-0.39, 0.29) is 24.5 Å². The average molecular weight is 292 g/mol. The number of hydrogen-bond acceptors (Lipinski definition) is 4. The SMILES string of the molecule is CN(CCC#N)S(=O)(=O)c1ccc(C#CCCO)cc1. The maximum atomic E-state index is 12.2. The summed E-state index contributed by atoms with van der Waals surface area (Å²) >= 11 is 0. The summed E-state index contributed by atoms with van der Waals surface area (Å²) in [5.74, 6) is 5.59. The smallest absolute Gasteiger partial charge is 0.242 e. The molecule has 6 heteroatoms. The van der Waals surface area contributed by atoms with Gasteiger partial charge in [0.15, 0.2) is 0 Å². The second-order valence-corrected chi connectivity index (χ2v) is 6.08. The monoisotopic (exact) mass is 292 g/mol. The number of hydrogen-bond donors (Lipinski definition) is 1. The summed E-state index contributed by atoms with van der Waals surface area (Å²) < 4.78 is 25.5. The van der Waals surface area contributed by atoms with Gasteiger partial charge in [-0.1, -0.05) is 11.8 Å². The third-order valence-corrected chi connectivity index (χ3v) is 4.44. The van der Waals surface area contributed by atoms with Crippen LogP contribution in [-0.2, 0) is 10.0 Å². The summed E-state index contributed by atoms with van der Waals surface area (Å²) in [4.78, 5) is 0.172. The zero-order chi connectivity index (χ0) is 15.0. The fourth-order valence-electron chi connectivity index (χ4n) is 1.44. The molecule has 0 spiro atoms. The fraction of sp³-hybridized carbons (Fsp3) is 0.357. The number of aliphatic hydroxyl groups is 1. The lowest BCUT2D eigenvalue weighted by molar-refractivity contribution is 0.305. The van der Waals surface area contributed by atoms with Crippen LogP contribution in [0.3, 0.4) is 0 Å². The molecule has 0 aliphatic carbocycles. The Morgan fingerprint density at radius 3 is 2.45 bits per heavy atom. The van der Waals surface area contributed by atoms with Gasteiger partial charge in [-0.25, -0.2) is 8.42 Å². The zero-order valence-electron chi connectivity index (χ0n) is 11.2. The van der Waals surface area contributed by atoms with Crippen LogP contribution in [0.5, 0.6) is 0 Å². The van der Waals surface area contributed by atoms with Gasteiger partial charge in [-0.15, -0.1) is 0 Å². The third-order valence-electron chi connectivity index (χ3n) is 2.57. The van der Waals surface area contributed by atoms with Gasteiger partial charge in [-0.05, 0) is 24.3 Å². The van der Waals surface area contributed by atoms with Gasteiger partial charge in [-0.2, -0.15) is 9.57 Å². The second-order valence-electron chi connectivity index (χ2n) is 4.03. The molecule has 0 saturated heterocycles. The van der Waals surface area contributed by atoms with Crippen LogP contribution in [0.2, 0.25) is 0 Å². The minimum atomic E-state index is -3.56.